The van der Waals surface area contributed by atoms with Gasteiger partial charge < -0.3 is 14.4 Å². The first-order chi connectivity index (χ1) is 16.5. The predicted molar refractivity (Wildman–Crippen MR) is 131 cm³/mol. The number of para-hydroxylation sites is 1. The number of fused-ring (bicyclic) bond motifs is 1. The molecule has 10 heteroatoms. The minimum Gasteiger partial charge on any atom is -0.491 e. The number of benzene rings is 2. The number of nitrogens with one attached hydrogen (secondary N) is 2. The zero-order valence-electron chi connectivity index (χ0n) is 18.5. The third-order valence-corrected chi connectivity index (χ3v) is 5.00. The van der Waals surface area contributed by atoms with Crippen molar-refractivity contribution in [2.45, 2.75) is 12.6 Å². The van der Waals surface area contributed by atoms with Crippen LogP contribution in [0.4, 0.5) is 5.95 Å². The maximum atomic E-state index is 12.6. The maximum absolute atomic E-state index is 12.6. The third kappa shape index (κ3) is 5.30. The summed E-state index contributed by atoms with van der Waals surface area (Å²) in [6, 6.07) is 18.8. The predicted octanol–water partition coefficient (Wildman–Crippen LogP) is 1.97. The van der Waals surface area contributed by atoms with E-state index < -0.39 is 17.4 Å². The Hall–Kier alpha value is -4.44. The van der Waals surface area contributed by atoms with Gasteiger partial charge in [0.05, 0.1) is 6.54 Å². The Labute approximate surface area is 194 Å². The number of nitrogens with zero attached hydrogens (tertiary/aromatic N) is 4. The number of imidazole rings is 1. The monoisotopic (exact) mass is 460 g/mol. The molecule has 2 heterocycles. The Morgan fingerprint density at radius 3 is 2.59 bits per heavy atom. The number of aromatic amines is 1. The number of hydrogen-bond acceptors (Lipinski definition) is 7. The summed E-state index contributed by atoms with van der Waals surface area (Å²) in [7, 11) is 1.50. The van der Waals surface area contributed by atoms with Crippen LogP contribution in [0.5, 0.6) is 5.75 Å². The highest BCUT2D eigenvalue weighted by atomic mass is 16.5. The van der Waals surface area contributed by atoms with E-state index in [1.54, 1.807) is 18.2 Å². The molecule has 0 aliphatic carbocycles. The summed E-state index contributed by atoms with van der Waals surface area (Å²) < 4.78 is 8.32. The van der Waals surface area contributed by atoms with Crippen molar-refractivity contribution in [3.05, 3.63) is 93.1 Å². The molecule has 4 aromatic rings. The van der Waals surface area contributed by atoms with Crippen LogP contribution in [0.3, 0.4) is 0 Å². The molecule has 0 aliphatic heterocycles. The van der Waals surface area contributed by atoms with E-state index in [1.807, 2.05) is 54.6 Å². The molecular formula is C24H24N6O4. The Morgan fingerprint density at radius 2 is 1.85 bits per heavy atom. The number of aryl methyl sites for hydroxylation is 1. The van der Waals surface area contributed by atoms with E-state index in [9.17, 15) is 14.7 Å². The van der Waals surface area contributed by atoms with E-state index in [0.717, 1.165) is 5.56 Å². The molecule has 0 aliphatic rings. The van der Waals surface area contributed by atoms with Crippen molar-refractivity contribution >= 4 is 29.4 Å². The van der Waals surface area contributed by atoms with Gasteiger partial charge in [-0.2, -0.15) is 10.1 Å². The number of aromatic nitrogens is 4. The molecule has 1 unspecified atom stereocenters. The molecule has 0 radical (unpaired) electrons. The standard InChI is InChI=1S/C24H24N6O4/c1-29-21-20(22(32)27-24(29)33)30(15-18(31)16-34-19-12-6-3-7-13-19)23(26-21)28-25-14-8-11-17-9-4-2-5-10-17/h2-14,18,31H,15-16H2,1H3,(H,26,28)(H,27,32,33). The summed E-state index contributed by atoms with van der Waals surface area (Å²) in [5.41, 5.74) is 2.92. The first kappa shape index (κ1) is 22.7. The van der Waals surface area contributed by atoms with Crippen LogP contribution in [-0.2, 0) is 13.6 Å². The van der Waals surface area contributed by atoms with E-state index in [-0.39, 0.29) is 30.3 Å². The number of ether oxygens (including phenoxy) is 1. The molecule has 2 aromatic carbocycles. The van der Waals surface area contributed by atoms with E-state index in [2.05, 4.69) is 20.5 Å². The van der Waals surface area contributed by atoms with Gasteiger partial charge in [-0.1, -0.05) is 54.6 Å². The molecule has 0 bridgehead atoms. The average Bonchev–Trinajstić information content (AvgIpc) is 3.21. The van der Waals surface area contributed by atoms with Crippen LogP contribution in [0.15, 0.2) is 81.4 Å². The second-order valence-corrected chi connectivity index (χ2v) is 7.47. The lowest BCUT2D eigenvalue weighted by molar-refractivity contribution is 0.0938. The molecule has 4 rings (SSSR count). The van der Waals surface area contributed by atoms with E-state index >= 15 is 0 Å². The van der Waals surface area contributed by atoms with Crippen molar-refractivity contribution in [2.24, 2.45) is 12.1 Å². The summed E-state index contributed by atoms with van der Waals surface area (Å²) >= 11 is 0. The minimum absolute atomic E-state index is 0.00409. The van der Waals surface area contributed by atoms with Gasteiger partial charge in [0, 0.05) is 13.3 Å². The number of aliphatic hydroxyl groups excluding tert-OH is 1. The average molecular weight is 460 g/mol. The summed E-state index contributed by atoms with van der Waals surface area (Å²) in [4.78, 5) is 31.2. The first-order valence-corrected chi connectivity index (χ1v) is 10.6. The van der Waals surface area contributed by atoms with E-state index in [1.165, 1.54) is 22.4 Å². The van der Waals surface area contributed by atoms with Gasteiger partial charge in [-0.15, -0.1) is 0 Å². The number of rotatable bonds is 9. The summed E-state index contributed by atoms with van der Waals surface area (Å²) in [6.45, 7) is -0.0157. The van der Waals surface area contributed by atoms with Crippen LogP contribution in [0, 0.1) is 0 Å². The highest BCUT2D eigenvalue weighted by Crippen LogP contribution is 2.17. The molecule has 174 valence electrons. The Bertz CT molecular complexity index is 1420. The lowest BCUT2D eigenvalue weighted by Crippen LogP contribution is -2.30. The van der Waals surface area contributed by atoms with Crippen LogP contribution in [-0.4, -0.2) is 43.1 Å². The summed E-state index contributed by atoms with van der Waals surface area (Å²) in [5, 5.41) is 14.7. The molecule has 0 amide bonds. The van der Waals surface area contributed by atoms with Crippen LogP contribution < -0.4 is 21.4 Å². The highest BCUT2D eigenvalue weighted by Gasteiger charge is 2.19. The number of hydrogen-bond donors (Lipinski definition) is 3. The first-order valence-electron chi connectivity index (χ1n) is 10.6. The Balaban J connectivity index is 1.57. The number of hydrazone groups is 1. The van der Waals surface area contributed by atoms with Crippen LogP contribution in [0.25, 0.3) is 17.2 Å². The Morgan fingerprint density at radius 1 is 1.15 bits per heavy atom. The van der Waals surface area contributed by atoms with Crippen molar-refractivity contribution in [1.29, 1.82) is 0 Å². The number of H-pyrrole nitrogens is 1. The molecule has 3 N–H and O–H groups in total. The van der Waals surface area contributed by atoms with Gasteiger partial charge in [-0.3, -0.25) is 14.3 Å². The van der Waals surface area contributed by atoms with Crippen molar-refractivity contribution < 1.29 is 9.84 Å². The normalized spacial score (nSPS) is 12.5. The van der Waals surface area contributed by atoms with Crippen LogP contribution in [0.2, 0.25) is 0 Å². The zero-order chi connectivity index (χ0) is 23.9. The fourth-order valence-corrected chi connectivity index (χ4v) is 3.33. The van der Waals surface area contributed by atoms with Crippen LogP contribution in [0.1, 0.15) is 5.56 Å². The van der Waals surface area contributed by atoms with Gasteiger partial charge >= 0.3 is 5.69 Å². The zero-order valence-corrected chi connectivity index (χ0v) is 18.5. The Kier molecular flexibility index (Phi) is 6.99. The number of aliphatic hydroxyl groups is 1. The van der Waals surface area contributed by atoms with Crippen molar-refractivity contribution in [1.82, 2.24) is 19.1 Å². The lowest BCUT2D eigenvalue weighted by atomic mass is 10.2. The molecule has 34 heavy (non-hydrogen) atoms. The molecule has 0 fully saturated rings. The SMILES string of the molecule is Cn1c(=O)[nH]c(=O)c2c1nc(NN=CC=Cc1ccccc1)n2CC(O)COc1ccccc1. The topological polar surface area (TPSA) is 127 Å². The quantitative estimate of drug-likeness (QED) is 0.259. The van der Waals surface area contributed by atoms with E-state index in [0.29, 0.717) is 5.75 Å². The van der Waals surface area contributed by atoms with Gasteiger partial charge in [0.2, 0.25) is 5.95 Å². The van der Waals surface area contributed by atoms with Gasteiger partial charge in [-0.05, 0) is 23.8 Å². The molecule has 0 saturated heterocycles. The van der Waals surface area contributed by atoms with Gasteiger partial charge in [-0.25, -0.2) is 10.2 Å². The molecule has 0 spiro atoms. The van der Waals surface area contributed by atoms with Crippen molar-refractivity contribution in [3.63, 3.8) is 0 Å². The van der Waals surface area contributed by atoms with Crippen molar-refractivity contribution in [3.8, 4) is 5.75 Å². The molecule has 1 atom stereocenters. The molecular weight excluding hydrogens is 436 g/mol. The second kappa shape index (κ2) is 10.5. The summed E-state index contributed by atoms with van der Waals surface area (Å²) in [6.07, 6.45) is 4.21. The molecule has 10 nitrogen and oxygen atoms in total. The minimum atomic E-state index is -0.961. The molecule has 2 aromatic heterocycles. The third-order valence-electron chi connectivity index (χ3n) is 5.00. The summed E-state index contributed by atoms with van der Waals surface area (Å²) in [5.74, 6) is 0.815. The fourth-order valence-electron chi connectivity index (χ4n) is 3.33. The number of allylic oxidation sites excluding steroid dienone is 1. The fraction of sp³-hybridized carbons (Fsp3) is 0.167. The van der Waals surface area contributed by atoms with Gasteiger partial charge in [0.15, 0.2) is 11.2 Å². The van der Waals surface area contributed by atoms with Crippen LogP contribution >= 0.6 is 0 Å². The van der Waals surface area contributed by atoms with Gasteiger partial charge in [0.25, 0.3) is 5.56 Å². The second-order valence-electron chi connectivity index (χ2n) is 7.47. The van der Waals surface area contributed by atoms with E-state index in [4.69, 9.17) is 4.74 Å². The van der Waals surface area contributed by atoms with Gasteiger partial charge in [0.1, 0.15) is 18.5 Å². The number of anilines is 1. The maximum Gasteiger partial charge on any atom is 0.329 e. The van der Waals surface area contributed by atoms with Crippen molar-refractivity contribution in [2.75, 3.05) is 12.0 Å². The molecule has 0 saturated carbocycles. The lowest BCUT2D eigenvalue weighted by Gasteiger charge is -2.15. The smallest absolute Gasteiger partial charge is 0.329 e. The highest BCUT2D eigenvalue weighted by molar-refractivity contribution is 5.79. The largest absolute Gasteiger partial charge is 0.491 e.